The number of halogens is 1. The lowest BCUT2D eigenvalue weighted by Gasteiger charge is -2.11. The second kappa shape index (κ2) is 8.93. The number of amides is 1. The number of rotatable bonds is 7. The number of hydrogen-bond donors (Lipinski definition) is 2. The van der Waals surface area contributed by atoms with Crippen LogP contribution in [0.5, 0.6) is 5.75 Å². The highest BCUT2D eigenvalue weighted by Crippen LogP contribution is 2.29. The van der Waals surface area contributed by atoms with Gasteiger partial charge in [0, 0.05) is 17.7 Å². The lowest BCUT2D eigenvalue weighted by molar-refractivity contribution is -0.384. The molecule has 1 atom stereocenters. The van der Waals surface area contributed by atoms with Crippen LogP contribution in [0.2, 0.25) is 5.02 Å². The van der Waals surface area contributed by atoms with Crippen LogP contribution in [0.15, 0.2) is 47.6 Å². The molecule has 2 N–H and O–H groups in total. The first-order chi connectivity index (χ1) is 13.9. The predicted octanol–water partition coefficient (Wildman–Crippen LogP) is 4.16. The van der Waals surface area contributed by atoms with Crippen LogP contribution < -0.4 is 10.1 Å². The minimum atomic E-state index is -0.565. The number of nitrogens with one attached hydrogen (secondary N) is 2. The summed E-state index contributed by atoms with van der Waals surface area (Å²) in [4.78, 5) is 27.2. The zero-order valence-electron chi connectivity index (χ0n) is 15.4. The van der Waals surface area contributed by atoms with Gasteiger partial charge in [0.25, 0.3) is 5.69 Å². The Balaban J connectivity index is 1.66. The predicted molar refractivity (Wildman–Crippen MR) is 110 cm³/mol. The summed E-state index contributed by atoms with van der Waals surface area (Å²) in [5, 5.41) is 20.5. The number of methoxy groups -OCH3 is 1. The topological polar surface area (TPSA) is 123 Å². The highest BCUT2D eigenvalue weighted by atomic mass is 35.5. The molecule has 1 amide bonds. The first-order valence-electron chi connectivity index (χ1n) is 8.35. The first kappa shape index (κ1) is 20.6. The zero-order chi connectivity index (χ0) is 21.0. The van der Waals surface area contributed by atoms with Gasteiger partial charge in [-0.1, -0.05) is 23.4 Å². The fourth-order valence-electron chi connectivity index (χ4n) is 2.35. The first-order valence-corrected chi connectivity index (χ1v) is 9.61. The van der Waals surface area contributed by atoms with E-state index in [9.17, 15) is 14.9 Å². The van der Waals surface area contributed by atoms with Gasteiger partial charge in [-0.25, -0.2) is 4.98 Å². The van der Waals surface area contributed by atoms with Crippen molar-refractivity contribution in [3.8, 4) is 17.1 Å². The second-order valence-electron chi connectivity index (χ2n) is 5.87. The normalized spacial score (nSPS) is 11.7. The Morgan fingerprint density at radius 2 is 2.03 bits per heavy atom. The molecule has 0 aliphatic rings. The van der Waals surface area contributed by atoms with Crippen molar-refractivity contribution in [2.75, 3.05) is 12.4 Å². The zero-order valence-corrected chi connectivity index (χ0v) is 17.0. The van der Waals surface area contributed by atoms with E-state index in [-0.39, 0.29) is 22.3 Å². The lowest BCUT2D eigenvalue weighted by atomic mass is 10.2. The van der Waals surface area contributed by atoms with Crippen LogP contribution in [0, 0.1) is 10.1 Å². The van der Waals surface area contributed by atoms with E-state index >= 15 is 0 Å². The summed E-state index contributed by atoms with van der Waals surface area (Å²) in [7, 11) is 1.59. The minimum Gasteiger partial charge on any atom is -0.497 e. The van der Waals surface area contributed by atoms with Crippen molar-refractivity contribution >= 4 is 40.6 Å². The van der Waals surface area contributed by atoms with E-state index in [4.69, 9.17) is 16.3 Å². The van der Waals surface area contributed by atoms with Crippen LogP contribution in [0.25, 0.3) is 11.4 Å². The molecule has 0 saturated carbocycles. The van der Waals surface area contributed by atoms with Crippen molar-refractivity contribution in [2.45, 2.75) is 17.3 Å². The van der Waals surface area contributed by atoms with E-state index in [1.54, 1.807) is 14.0 Å². The molecule has 1 heterocycles. The number of carbonyl (C=O) groups excluding carboxylic acids is 1. The van der Waals surface area contributed by atoms with Crippen molar-refractivity contribution < 1.29 is 14.5 Å². The van der Waals surface area contributed by atoms with Crippen molar-refractivity contribution in [3.63, 3.8) is 0 Å². The number of nitro benzene ring substituents is 1. The number of nitrogens with zero attached hydrogens (tertiary/aromatic N) is 3. The SMILES string of the molecule is COc1ccc(-c2nc(S[C@@H](C)C(=O)Nc3cc([N+](=O)[O-])ccc3Cl)n[nH]2)cc1. The maximum Gasteiger partial charge on any atom is 0.271 e. The summed E-state index contributed by atoms with van der Waals surface area (Å²) < 4.78 is 5.13. The Morgan fingerprint density at radius 1 is 1.31 bits per heavy atom. The average Bonchev–Trinajstić information content (AvgIpc) is 3.17. The monoisotopic (exact) mass is 433 g/mol. The van der Waals surface area contributed by atoms with Gasteiger partial charge in [0.05, 0.1) is 28.0 Å². The molecule has 0 aliphatic carbocycles. The van der Waals surface area contributed by atoms with Crippen molar-refractivity contribution in [2.24, 2.45) is 0 Å². The molecule has 0 saturated heterocycles. The molecule has 0 radical (unpaired) electrons. The number of ether oxygens (including phenoxy) is 1. The van der Waals surface area contributed by atoms with Gasteiger partial charge in [-0.05, 0) is 37.3 Å². The third-order valence-electron chi connectivity index (χ3n) is 3.90. The maximum atomic E-state index is 12.5. The standard InChI is InChI=1S/C18H16ClN5O4S/c1-10(17(25)20-15-9-12(24(26)27)5-8-14(15)19)29-18-21-16(22-23-18)11-3-6-13(28-2)7-4-11/h3-10H,1-2H3,(H,20,25)(H,21,22,23)/t10-/m0/s1. The molecule has 0 fully saturated rings. The van der Waals surface area contributed by atoms with E-state index in [2.05, 4.69) is 20.5 Å². The summed E-state index contributed by atoms with van der Waals surface area (Å²) in [5.74, 6) is 0.908. The van der Waals surface area contributed by atoms with Gasteiger partial charge in [-0.2, -0.15) is 0 Å². The third kappa shape index (κ3) is 5.04. The lowest BCUT2D eigenvalue weighted by Crippen LogP contribution is -2.22. The maximum absolute atomic E-state index is 12.5. The Morgan fingerprint density at radius 3 is 2.69 bits per heavy atom. The van der Waals surface area contributed by atoms with Crippen molar-refractivity contribution in [1.29, 1.82) is 0 Å². The summed E-state index contributed by atoms with van der Waals surface area (Å²) in [6.07, 6.45) is 0. The molecule has 3 aromatic rings. The van der Waals surface area contributed by atoms with Crippen molar-refractivity contribution in [3.05, 3.63) is 57.6 Å². The molecule has 11 heteroatoms. The fourth-order valence-corrected chi connectivity index (χ4v) is 3.24. The van der Waals surface area contributed by atoms with Crippen LogP contribution >= 0.6 is 23.4 Å². The highest BCUT2D eigenvalue weighted by Gasteiger charge is 2.20. The molecule has 0 bridgehead atoms. The number of thioether (sulfide) groups is 1. The number of benzene rings is 2. The number of anilines is 1. The number of aromatic nitrogens is 3. The highest BCUT2D eigenvalue weighted by molar-refractivity contribution is 8.00. The van der Waals surface area contributed by atoms with Gasteiger partial charge in [-0.15, -0.1) is 5.10 Å². The number of carbonyl (C=O) groups is 1. The molecule has 29 heavy (non-hydrogen) atoms. The molecule has 3 rings (SSSR count). The summed E-state index contributed by atoms with van der Waals surface area (Å²) in [6, 6.07) is 11.1. The number of nitro groups is 1. The molecule has 0 aliphatic heterocycles. The largest absolute Gasteiger partial charge is 0.497 e. The van der Waals surface area contributed by atoms with Gasteiger partial charge in [0.1, 0.15) is 5.75 Å². The Kier molecular flexibility index (Phi) is 6.35. The second-order valence-corrected chi connectivity index (χ2v) is 7.58. The smallest absolute Gasteiger partial charge is 0.271 e. The molecular weight excluding hydrogens is 418 g/mol. The van der Waals surface area contributed by atoms with Crippen LogP contribution in [0.3, 0.4) is 0 Å². The van der Waals surface area contributed by atoms with E-state index in [0.29, 0.717) is 11.0 Å². The van der Waals surface area contributed by atoms with Crippen LogP contribution in [0.1, 0.15) is 6.92 Å². The molecule has 0 unspecified atom stereocenters. The van der Waals surface area contributed by atoms with Crippen LogP contribution in [0.4, 0.5) is 11.4 Å². The number of non-ortho nitro benzene ring substituents is 1. The van der Waals surface area contributed by atoms with Gasteiger partial charge in [-0.3, -0.25) is 20.0 Å². The Labute approximate surface area is 175 Å². The van der Waals surface area contributed by atoms with E-state index in [1.165, 1.54) is 18.2 Å². The summed E-state index contributed by atoms with van der Waals surface area (Å²) in [5.41, 5.74) is 0.834. The number of H-pyrrole nitrogens is 1. The van der Waals surface area contributed by atoms with Gasteiger partial charge in [0.15, 0.2) is 5.82 Å². The Hall–Kier alpha value is -3.11. The average molecular weight is 434 g/mol. The number of aromatic amines is 1. The molecule has 1 aromatic heterocycles. The van der Waals surface area contributed by atoms with Gasteiger partial charge < -0.3 is 10.1 Å². The van der Waals surface area contributed by atoms with E-state index in [1.807, 2.05) is 24.3 Å². The van der Waals surface area contributed by atoms with Crippen LogP contribution in [-0.2, 0) is 4.79 Å². The molecule has 0 spiro atoms. The van der Waals surface area contributed by atoms with Gasteiger partial charge >= 0.3 is 0 Å². The summed E-state index contributed by atoms with van der Waals surface area (Å²) in [6.45, 7) is 1.68. The molecule has 2 aromatic carbocycles. The quantitative estimate of drug-likeness (QED) is 0.325. The Bertz CT molecular complexity index is 1040. The molecular formula is C18H16ClN5O4S. The minimum absolute atomic E-state index is 0.164. The van der Waals surface area contributed by atoms with E-state index < -0.39 is 10.2 Å². The van der Waals surface area contributed by atoms with Crippen LogP contribution in [-0.4, -0.2) is 38.4 Å². The fraction of sp³-hybridized carbons (Fsp3) is 0.167. The molecule has 150 valence electrons. The number of hydrogen-bond acceptors (Lipinski definition) is 7. The van der Waals surface area contributed by atoms with Gasteiger partial charge in [0.2, 0.25) is 11.1 Å². The van der Waals surface area contributed by atoms with E-state index in [0.717, 1.165) is 23.1 Å². The molecule has 9 nitrogen and oxygen atoms in total. The van der Waals surface area contributed by atoms with Crippen molar-refractivity contribution in [1.82, 2.24) is 15.2 Å². The summed E-state index contributed by atoms with van der Waals surface area (Å²) >= 11 is 7.16. The third-order valence-corrected chi connectivity index (χ3v) is 5.19.